The molecule has 0 aliphatic heterocycles. The predicted octanol–water partition coefficient (Wildman–Crippen LogP) is 1.41. The number of aromatic nitrogens is 4. The van der Waals surface area contributed by atoms with Crippen LogP contribution in [0, 0.1) is 5.82 Å². The van der Waals surface area contributed by atoms with Crippen molar-refractivity contribution in [2.24, 2.45) is 0 Å². The highest BCUT2D eigenvalue weighted by molar-refractivity contribution is 5.95. The summed E-state index contributed by atoms with van der Waals surface area (Å²) in [6.07, 6.45) is 4.04. The van der Waals surface area contributed by atoms with Gasteiger partial charge in [0.1, 0.15) is 11.5 Å². The number of nitrogens with one attached hydrogen (secondary N) is 2. The van der Waals surface area contributed by atoms with E-state index in [2.05, 4.69) is 30.6 Å². The van der Waals surface area contributed by atoms with Gasteiger partial charge in [-0.05, 0) is 31.5 Å². The summed E-state index contributed by atoms with van der Waals surface area (Å²) in [4.78, 5) is 40.5. The van der Waals surface area contributed by atoms with E-state index >= 15 is 0 Å². The molecule has 10 nitrogen and oxygen atoms in total. The van der Waals surface area contributed by atoms with Crippen molar-refractivity contribution in [1.82, 2.24) is 30.6 Å². The summed E-state index contributed by atoms with van der Waals surface area (Å²) in [5.74, 6) is -3.53. The first-order valence-electron chi connectivity index (χ1n) is 9.09. The van der Waals surface area contributed by atoms with E-state index in [0.29, 0.717) is 5.56 Å². The molecule has 0 spiro atoms. The van der Waals surface area contributed by atoms with Crippen molar-refractivity contribution < 1.29 is 24.2 Å². The van der Waals surface area contributed by atoms with Crippen LogP contribution in [0.15, 0.2) is 42.9 Å². The second kappa shape index (κ2) is 8.69. The van der Waals surface area contributed by atoms with E-state index in [-0.39, 0.29) is 18.1 Å². The summed E-state index contributed by atoms with van der Waals surface area (Å²) in [5.41, 5.74) is -1.06. The van der Waals surface area contributed by atoms with Gasteiger partial charge in [0.15, 0.2) is 11.5 Å². The zero-order valence-electron chi connectivity index (χ0n) is 16.6. The van der Waals surface area contributed by atoms with Crippen LogP contribution in [0.2, 0.25) is 0 Å². The molecule has 4 N–H and O–H groups in total. The maximum Gasteiger partial charge on any atom is 0.274 e. The molecule has 0 saturated heterocycles. The highest BCUT2D eigenvalue weighted by Crippen LogP contribution is 2.29. The van der Waals surface area contributed by atoms with Crippen molar-refractivity contribution in [3.05, 3.63) is 71.4 Å². The van der Waals surface area contributed by atoms with Gasteiger partial charge in [0.25, 0.3) is 17.7 Å². The van der Waals surface area contributed by atoms with Crippen molar-refractivity contribution in [3.8, 4) is 11.6 Å². The summed E-state index contributed by atoms with van der Waals surface area (Å²) in [6, 6.07) is 5.47. The van der Waals surface area contributed by atoms with E-state index < -0.39 is 40.5 Å². The third-order valence-electron chi connectivity index (χ3n) is 4.23. The zero-order valence-corrected chi connectivity index (χ0v) is 16.6. The molecule has 1 aromatic carbocycles. The first kappa shape index (κ1) is 21.6. The molecule has 0 unspecified atom stereocenters. The minimum atomic E-state index is -1.24. The Bertz CT molecular complexity index is 1110. The number of nitrogens with zero attached hydrogens (tertiary/aromatic N) is 4. The number of halogens is 1. The summed E-state index contributed by atoms with van der Waals surface area (Å²) < 4.78 is 13.0. The fourth-order valence-electron chi connectivity index (χ4n) is 2.57. The fraction of sp³-hybridized carbons (Fsp3) is 0.200. The topological polar surface area (TPSA) is 150 Å². The molecule has 0 aliphatic carbocycles. The molecule has 2 amide bonds. The van der Waals surface area contributed by atoms with Gasteiger partial charge in [-0.3, -0.25) is 14.6 Å². The molecule has 0 fully saturated rings. The maximum atomic E-state index is 13.0. The lowest BCUT2D eigenvalue weighted by molar-refractivity contribution is 0.0902. The number of rotatable bonds is 6. The Balaban J connectivity index is 1.81. The van der Waals surface area contributed by atoms with Crippen LogP contribution in [-0.2, 0) is 12.1 Å². The first-order chi connectivity index (χ1) is 14.7. The Labute approximate surface area is 176 Å². The van der Waals surface area contributed by atoms with Crippen LogP contribution in [-0.4, -0.2) is 42.0 Å². The minimum Gasteiger partial charge on any atom is -0.501 e. The SMILES string of the molecule is CC(C)(NC(=O)c1cnccn1)c1nc(O)c(O)c(C(=O)NCc2ccc(F)cc2)n1. The van der Waals surface area contributed by atoms with Gasteiger partial charge >= 0.3 is 0 Å². The molecule has 2 heterocycles. The van der Waals surface area contributed by atoms with Gasteiger partial charge in [0.2, 0.25) is 5.75 Å². The van der Waals surface area contributed by atoms with Gasteiger partial charge in [-0.1, -0.05) is 12.1 Å². The lowest BCUT2D eigenvalue weighted by Gasteiger charge is -2.25. The van der Waals surface area contributed by atoms with E-state index in [1.165, 1.54) is 42.9 Å². The summed E-state index contributed by atoms with van der Waals surface area (Å²) in [7, 11) is 0. The maximum absolute atomic E-state index is 13.0. The fourth-order valence-corrected chi connectivity index (χ4v) is 2.57. The third-order valence-corrected chi connectivity index (χ3v) is 4.23. The Hall–Kier alpha value is -4.15. The summed E-state index contributed by atoms with van der Waals surface area (Å²) in [5, 5.41) is 25.2. The predicted molar refractivity (Wildman–Crippen MR) is 105 cm³/mol. The molecule has 0 bridgehead atoms. The molecule has 0 atom stereocenters. The zero-order chi connectivity index (χ0) is 22.6. The number of hydrogen-bond donors (Lipinski definition) is 4. The van der Waals surface area contributed by atoms with Gasteiger partial charge in [-0.25, -0.2) is 14.4 Å². The minimum absolute atomic E-state index is 0.0332. The smallest absolute Gasteiger partial charge is 0.274 e. The Kier molecular flexibility index (Phi) is 6.05. The number of amides is 2. The lowest BCUT2D eigenvalue weighted by Crippen LogP contribution is -2.43. The van der Waals surface area contributed by atoms with Crippen LogP contribution in [0.5, 0.6) is 11.6 Å². The highest BCUT2D eigenvalue weighted by Gasteiger charge is 2.31. The molecule has 0 saturated carbocycles. The average Bonchev–Trinajstić information content (AvgIpc) is 2.75. The monoisotopic (exact) mass is 426 g/mol. The van der Waals surface area contributed by atoms with Gasteiger partial charge in [-0.2, -0.15) is 4.98 Å². The Morgan fingerprint density at radius 2 is 1.77 bits per heavy atom. The van der Waals surface area contributed by atoms with Crippen LogP contribution >= 0.6 is 0 Å². The number of carbonyl (C=O) groups excluding carboxylic acids is 2. The van der Waals surface area contributed by atoms with Crippen LogP contribution < -0.4 is 10.6 Å². The van der Waals surface area contributed by atoms with Crippen molar-refractivity contribution in [1.29, 1.82) is 0 Å². The van der Waals surface area contributed by atoms with Crippen molar-refractivity contribution in [2.45, 2.75) is 25.9 Å². The van der Waals surface area contributed by atoms with Crippen LogP contribution in [0.1, 0.15) is 46.2 Å². The van der Waals surface area contributed by atoms with E-state index in [4.69, 9.17) is 0 Å². The number of carbonyl (C=O) groups is 2. The molecule has 3 rings (SSSR count). The van der Waals surface area contributed by atoms with Crippen molar-refractivity contribution >= 4 is 11.8 Å². The first-order valence-corrected chi connectivity index (χ1v) is 9.09. The molecule has 160 valence electrons. The molecule has 0 aliphatic rings. The van der Waals surface area contributed by atoms with E-state index in [9.17, 15) is 24.2 Å². The Morgan fingerprint density at radius 1 is 1.06 bits per heavy atom. The largest absolute Gasteiger partial charge is 0.501 e. The van der Waals surface area contributed by atoms with E-state index in [1.54, 1.807) is 13.8 Å². The van der Waals surface area contributed by atoms with Crippen LogP contribution in [0.4, 0.5) is 4.39 Å². The second-order valence-corrected chi connectivity index (χ2v) is 7.05. The molecular weight excluding hydrogens is 407 g/mol. The summed E-state index contributed by atoms with van der Waals surface area (Å²) >= 11 is 0. The second-order valence-electron chi connectivity index (χ2n) is 7.05. The third kappa shape index (κ3) is 5.07. The molecular formula is C20H19FN6O4. The standard InChI is InChI=1S/C20H19FN6O4/c1-20(2,27-16(29)13-10-22-7-8-23-13)19-25-14(15(28)18(31)26-19)17(30)24-9-11-3-5-12(21)6-4-11/h3-8,10,28H,9H2,1-2H3,(H,24,30)(H,27,29)(H,25,26,31). The van der Waals surface area contributed by atoms with Crippen molar-refractivity contribution in [2.75, 3.05) is 0 Å². The van der Waals surface area contributed by atoms with Gasteiger partial charge in [0, 0.05) is 18.9 Å². The molecule has 2 aromatic heterocycles. The molecule has 31 heavy (non-hydrogen) atoms. The van der Waals surface area contributed by atoms with Gasteiger partial charge < -0.3 is 20.8 Å². The number of aromatic hydroxyl groups is 2. The normalized spacial score (nSPS) is 11.1. The summed E-state index contributed by atoms with van der Waals surface area (Å²) in [6.45, 7) is 3.13. The van der Waals surface area contributed by atoms with Gasteiger partial charge in [0.05, 0.1) is 11.7 Å². The van der Waals surface area contributed by atoms with E-state index in [1.807, 2.05) is 0 Å². The average molecular weight is 426 g/mol. The Morgan fingerprint density at radius 3 is 2.42 bits per heavy atom. The molecule has 0 radical (unpaired) electrons. The number of benzene rings is 1. The van der Waals surface area contributed by atoms with Crippen molar-refractivity contribution in [3.63, 3.8) is 0 Å². The lowest BCUT2D eigenvalue weighted by atomic mass is 10.0. The van der Waals surface area contributed by atoms with Crippen LogP contribution in [0.25, 0.3) is 0 Å². The quantitative estimate of drug-likeness (QED) is 0.462. The van der Waals surface area contributed by atoms with Crippen LogP contribution in [0.3, 0.4) is 0 Å². The molecule has 11 heteroatoms. The molecule has 3 aromatic rings. The highest BCUT2D eigenvalue weighted by atomic mass is 19.1. The van der Waals surface area contributed by atoms with E-state index in [0.717, 1.165) is 0 Å². The number of hydrogen-bond acceptors (Lipinski definition) is 8. The van der Waals surface area contributed by atoms with Gasteiger partial charge in [-0.15, -0.1) is 0 Å².